The smallest absolute Gasteiger partial charge is 0.161 e. The maximum Gasteiger partial charge on any atom is 0.161 e. The van der Waals surface area contributed by atoms with Gasteiger partial charge in [0.1, 0.15) is 0 Å². The summed E-state index contributed by atoms with van der Waals surface area (Å²) in [6, 6.07) is 5.66. The first kappa shape index (κ1) is 14.2. The van der Waals surface area contributed by atoms with Crippen LogP contribution in [0, 0.1) is 0 Å². The zero-order chi connectivity index (χ0) is 13.5. The monoisotopic (exact) mass is 266 g/mol. The molecule has 4 heteroatoms. The van der Waals surface area contributed by atoms with Gasteiger partial charge in [0.15, 0.2) is 11.5 Å². The molecule has 0 radical (unpaired) electrons. The highest BCUT2D eigenvalue weighted by Gasteiger charge is 2.14. The van der Waals surface area contributed by atoms with Gasteiger partial charge in [-0.25, -0.2) is 0 Å². The molecule has 1 aliphatic heterocycles. The maximum atomic E-state index is 10.1. The molecule has 106 valence electrons. The first-order chi connectivity index (χ1) is 9.31. The lowest BCUT2D eigenvalue weighted by Gasteiger charge is -2.14. The van der Waals surface area contributed by atoms with E-state index in [-0.39, 0.29) is 0 Å². The summed E-state index contributed by atoms with van der Waals surface area (Å²) < 4.78 is 16.5. The molecule has 0 spiro atoms. The number of hydrogen-bond donors (Lipinski definition) is 1. The Kier molecular flexibility index (Phi) is 5.48. The molecule has 1 atom stereocenters. The van der Waals surface area contributed by atoms with E-state index in [4.69, 9.17) is 14.2 Å². The van der Waals surface area contributed by atoms with Gasteiger partial charge < -0.3 is 19.3 Å². The molecule has 0 amide bonds. The number of aliphatic hydroxyl groups excluding tert-OH is 1. The number of benzene rings is 1. The fourth-order valence-electron chi connectivity index (χ4n) is 2.08. The third kappa shape index (κ3) is 4.11. The molecule has 1 aromatic rings. The molecule has 0 fully saturated rings. The largest absolute Gasteiger partial charge is 0.490 e. The molecule has 0 aromatic heterocycles. The lowest BCUT2D eigenvalue weighted by Crippen LogP contribution is -2.02. The molecule has 2 rings (SSSR count). The van der Waals surface area contributed by atoms with Gasteiger partial charge in [0, 0.05) is 19.6 Å². The molecule has 0 bridgehead atoms. The van der Waals surface area contributed by atoms with Gasteiger partial charge in [-0.3, -0.25) is 0 Å². The summed E-state index contributed by atoms with van der Waals surface area (Å²) in [7, 11) is 0. The lowest BCUT2D eigenvalue weighted by molar-refractivity contribution is 0.114. The summed E-state index contributed by atoms with van der Waals surface area (Å²) in [6.07, 6.45) is 1.96. The number of ether oxygens (including phenoxy) is 3. The van der Waals surface area contributed by atoms with Gasteiger partial charge in [0.05, 0.1) is 19.3 Å². The van der Waals surface area contributed by atoms with Gasteiger partial charge in [-0.05, 0) is 37.5 Å². The number of rotatable bonds is 6. The highest BCUT2D eigenvalue weighted by Crippen LogP contribution is 2.33. The maximum absolute atomic E-state index is 10.1. The van der Waals surface area contributed by atoms with E-state index in [2.05, 4.69) is 0 Å². The van der Waals surface area contributed by atoms with Crippen LogP contribution >= 0.6 is 0 Å². The van der Waals surface area contributed by atoms with Crippen molar-refractivity contribution in [2.45, 2.75) is 32.3 Å². The average molecular weight is 266 g/mol. The molecule has 1 unspecified atom stereocenters. The van der Waals surface area contributed by atoms with Crippen molar-refractivity contribution < 1.29 is 19.3 Å². The van der Waals surface area contributed by atoms with Crippen LogP contribution in [0.3, 0.4) is 0 Å². The van der Waals surface area contributed by atoms with Crippen molar-refractivity contribution in [1.29, 1.82) is 0 Å². The standard InChI is InChI=1S/C15H22O4/c1-2-17-8-3-5-13(16)12-6-7-14-15(11-12)19-10-4-9-18-14/h6-7,11,13,16H,2-5,8-10H2,1H3. The van der Waals surface area contributed by atoms with Gasteiger partial charge in [0.25, 0.3) is 0 Å². The molecular formula is C15H22O4. The second kappa shape index (κ2) is 7.36. The lowest BCUT2D eigenvalue weighted by atomic mass is 10.0. The van der Waals surface area contributed by atoms with E-state index in [1.54, 1.807) is 0 Å². The Bertz CT molecular complexity index is 392. The predicted octanol–water partition coefficient (Wildman–Crippen LogP) is 2.70. The fraction of sp³-hybridized carbons (Fsp3) is 0.600. The summed E-state index contributed by atoms with van der Waals surface area (Å²) in [5.41, 5.74) is 0.876. The second-order valence-electron chi connectivity index (χ2n) is 4.61. The Balaban J connectivity index is 1.94. The number of fused-ring (bicyclic) bond motifs is 1. The van der Waals surface area contributed by atoms with Crippen LogP contribution in [0.5, 0.6) is 11.5 Å². The Morgan fingerprint density at radius 1 is 1.26 bits per heavy atom. The first-order valence-electron chi connectivity index (χ1n) is 6.96. The van der Waals surface area contributed by atoms with Crippen LogP contribution in [0.2, 0.25) is 0 Å². The summed E-state index contributed by atoms with van der Waals surface area (Å²) in [6.45, 7) is 4.73. The molecule has 19 heavy (non-hydrogen) atoms. The summed E-state index contributed by atoms with van der Waals surface area (Å²) in [5.74, 6) is 1.50. The van der Waals surface area contributed by atoms with Gasteiger partial charge in [-0.15, -0.1) is 0 Å². The van der Waals surface area contributed by atoms with Crippen LogP contribution < -0.4 is 9.47 Å². The minimum atomic E-state index is -0.474. The molecule has 4 nitrogen and oxygen atoms in total. The van der Waals surface area contributed by atoms with Crippen LogP contribution in [0.15, 0.2) is 18.2 Å². The predicted molar refractivity (Wildman–Crippen MR) is 72.7 cm³/mol. The molecule has 1 aromatic carbocycles. The highest BCUT2D eigenvalue weighted by atomic mass is 16.5. The van der Waals surface area contributed by atoms with E-state index < -0.39 is 6.10 Å². The van der Waals surface area contributed by atoms with Gasteiger partial charge >= 0.3 is 0 Å². The minimum absolute atomic E-state index is 0.474. The topological polar surface area (TPSA) is 47.9 Å². The van der Waals surface area contributed by atoms with Gasteiger partial charge in [-0.1, -0.05) is 6.07 Å². The van der Waals surface area contributed by atoms with Gasteiger partial charge in [0.2, 0.25) is 0 Å². The average Bonchev–Trinajstić information content (AvgIpc) is 2.67. The van der Waals surface area contributed by atoms with E-state index in [0.29, 0.717) is 26.2 Å². The van der Waals surface area contributed by atoms with Crippen LogP contribution in [0.1, 0.15) is 37.9 Å². The molecule has 1 aliphatic rings. The molecule has 0 saturated carbocycles. The van der Waals surface area contributed by atoms with Crippen molar-refractivity contribution >= 4 is 0 Å². The van der Waals surface area contributed by atoms with E-state index in [0.717, 1.165) is 36.5 Å². The van der Waals surface area contributed by atoms with E-state index in [1.807, 2.05) is 25.1 Å². The number of hydrogen-bond acceptors (Lipinski definition) is 4. The SMILES string of the molecule is CCOCCCC(O)c1ccc2c(c1)OCCCO2. The van der Waals surface area contributed by atoms with Crippen molar-refractivity contribution in [1.82, 2.24) is 0 Å². The molecule has 0 saturated heterocycles. The van der Waals surface area contributed by atoms with Crippen LogP contribution in [0.25, 0.3) is 0 Å². The van der Waals surface area contributed by atoms with Crippen molar-refractivity contribution in [2.75, 3.05) is 26.4 Å². The normalized spacial score (nSPS) is 15.9. The third-order valence-electron chi connectivity index (χ3n) is 3.13. The Hall–Kier alpha value is -1.26. The minimum Gasteiger partial charge on any atom is -0.490 e. The Morgan fingerprint density at radius 3 is 2.84 bits per heavy atom. The van der Waals surface area contributed by atoms with Crippen molar-refractivity contribution in [2.24, 2.45) is 0 Å². The zero-order valence-electron chi connectivity index (χ0n) is 11.4. The van der Waals surface area contributed by atoms with Crippen molar-refractivity contribution in [3.8, 4) is 11.5 Å². The highest BCUT2D eigenvalue weighted by molar-refractivity contribution is 5.44. The molecule has 0 aliphatic carbocycles. The molecule has 1 N–H and O–H groups in total. The number of aliphatic hydroxyl groups is 1. The Morgan fingerprint density at radius 2 is 2.05 bits per heavy atom. The zero-order valence-corrected chi connectivity index (χ0v) is 11.4. The third-order valence-corrected chi connectivity index (χ3v) is 3.13. The van der Waals surface area contributed by atoms with Crippen molar-refractivity contribution in [3.63, 3.8) is 0 Å². The van der Waals surface area contributed by atoms with Crippen LogP contribution in [0.4, 0.5) is 0 Å². The van der Waals surface area contributed by atoms with E-state index in [9.17, 15) is 5.11 Å². The van der Waals surface area contributed by atoms with Crippen LogP contribution in [-0.4, -0.2) is 31.5 Å². The van der Waals surface area contributed by atoms with Crippen molar-refractivity contribution in [3.05, 3.63) is 23.8 Å². The van der Waals surface area contributed by atoms with Gasteiger partial charge in [-0.2, -0.15) is 0 Å². The molecule has 1 heterocycles. The fourth-order valence-corrected chi connectivity index (χ4v) is 2.08. The summed E-state index contributed by atoms with van der Waals surface area (Å²) in [5, 5.41) is 10.1. The van der Waals surface area contributed by atoms with E-state index >= 15 is 0 Å². The van der Waals surface area contributed by atoms with E-state index in [1.165, 1.54) is 0 Å². The molecular weight excluding hydrogens is 244 g/mol. The van der Waals surface area contributed by atoms with Crippen LogP contribution in [-0.2, 0) is 4.74 Å². The second-order valence-corrected chi connectivity index (χ2v) is 4.61. The Labute approximate surface area is 114 Å². The first-order valence-corrected chi connectivity index (χ1v) is 6.96. The summed E-state index contributed by atoms with van der Waals surface area (Å²) in [4.78, 5) is 0. The summed E-state index contributed by atoms with van der Waals surface area (Å²) >= 11 is 0. The quantitative estimate of drug-likeness (QED) is 0.804.